The fraction of sp³-hybridized carbons (Fsp3) is 0.286. The van der Waals surface area contributed by atoms with Gasteiger partial charge in [-0.25, -0.2) is 0 Å². The standard InChI is InChI=1S/C14H17NO2/c1-10-12(8-16)13(9-17)14(15(10)2)11-6-4-3-5-7-11/h3-7,16-17H,8-9H2,1-2H3. The summed E-state index contributed by atoms with van der Waals surface area (Å²) in [6.45, 7) is 1.86. The molecule has 0 aliphatic heterocycles. The van der Waals surface area contributed by atoms with Crippen LogP contribution in [0.25, 0.3) is 11.3 Å². The average molecular weight is 231 g/mol. The Bertz CT molecular complexity index is 515. The third-order valence-electron chi connectivity index (χ3n) is 3.29. The van der Waals surface area contributed by atoms with Gasteiger partial charge < -0.3 is 14.8 Å². The number of rotatable bonds is 3. The van der Waals surface area contributed by atoms with Gasteiger partial charge in [-0.15, -0.1) is 0 Å². The van der Waals surface area contributed by atoms with Crippen molar-refractivity contribution in [3.63, 3.8) is 0 Å². The molecule has 0 unspecified atom stereocenters. The van der Waals surface area contributed by atoms with Crippen LogP contribution < -0.4 is 0 Å². The molecule has 0 aliphatic rings. The highest BCUT2D eigenvalue weighted by Gasteiger charge is 2.17. The molecule has 2 rings (SSSR count). The maximum Gasteiger partial charge on any atom is 0.0706 e. The Balaban J connectivity index is 2.69. The molecule has 0 saturated carbocycles. The Morgan fingerprint density at radius 2 is 1.59 bits per heavy atom. The lowest BCUT2D eigenvalue weighted by Crippen LogP contribution is -1.95. The van der Waals surface area contributed by atoms with Gasteiger partial charge in [-0.2, -0.15) is 0 Å². The molecule has 1 aromatic carbocycles. The molecular weight excluding hydrogens is 214 g/mol. The van der Waals surface area contributed by atoms with Gasteiger partial charge in [-0.1, -0.05) is 30.3 Å². The van der Waals surface area contributed by atoms with Gasteiger partial charge in [0.2, 0.25) is 0 Å². The third kappa shape index (κ3) is 1.88. The molecule has 0 radical (unpaired) electrons. The smallest absolute Gasteiger partial charge is 0.0706 e. The molecule has 0 aliphatic carbocycles. The highest BCUT2D eigenvalue weighted by atomic mass is 16.3. The normalized spacial score (nSPS) is 10.8. The molecule has 2 N–H and O–H groups in total. The number of hydrogen-bond donors (Lipinski definition) is 2. The van der Waals surface area contributed by atoms with Crippen molar-refractivity contribution in [3.05, 3.63) is 47.2 Å². The SMILES string of the molecule is Cc1c(CO)c(CO)c(-c2ccccc2)n1C. The molecule has 90 valence electrons. The van der Waals surface area contributed by atoms with Crippen LogP contribution in [-0.2, 0) is 20.3 Å². The van der Waals surface area contributed by atoms with Gasteiger partial charge in [0.15, 0.2) is 0 Å². The largest absolute Gasteiger partial charge is 0.392 e. The second-order valence-electron chi connectivity index (χ2n) is 4.13. The fourth-order valence-electron chi connectivity index (χ4n) is 2.28. The molecule has 0 amide bonds. The molecule has 2 aromatic rings. The van der Waals surface area contributed by atoms with Crippen molar-refractivity contribution in [1.29, 1.82) is 0 Å². The van der Waals surface area contributed by atoms with Gasteiger partial charge in [0.25, 0.3) is 0 Å². The summed E-state index contributed by atoms with van der Waals surface area (Å²) in [5.41, 5.74) is 4.68. The van der Waals surface area contributed by atoms with E-state index in [-0.39, 0.29) is 13.2 Å². The second kappa shape index (κ2) is 4.73. The van der Waals surface area contributed by atoms with E-state index in [2.05, 4.69) is 0 Å². The Morgan fingerprint density at radius 1 is 1.00 bits per heavy atom. The lowest BCUT2D eigenvalue weighted by Gasteiger charge is -2.07. The first-order chi connectivity index (χ1) is 8.20. The molecule has 0 saturated heterocycles. The van der Waals surface area contributed by atoms with Crippen LogP contribution in [-0.4, -0.2) is 14.8 Å². The van der Waals surface area contributed by atoms with E-state index in [1.54, 1.807) is 0 Å². The summed E-state index contributed by atoms with van der Waals surface area (Å²) in [4.78, 5) is 0. The quantitative estimate of drug-likeness (QED) is 0.848. The predicted octanol–water partition coefficient (Wildman–Crippen LogP) is 1.99. The summed E-state index contributed by atoms with van der Waals surface area (Å²) in [6.07, 6.45) is 0. The van der Waals surface area contributed by atoms with Crippen molar-refractivity contribution in [3.8, 4) is 11.3 Å². The van der Waals surface area contributed by atoms with Gasteiger partial charge in [0, 0.05) is 23.9 Å². The highest BCUT2D eigenvalue weighted by Crippen LogP contribution is 2.30. The van der Waals surface area contributed by atoms with E-state index in [0.29, 0.717) is 0 Å². The number of nitrogens with zero attached hydrogens (tertiary/aromatic N) is 1. The van der Waals surface area contributed by atoms with Crippen molar-refractivity contribution in [2.45, 2.75) is 20.1 Å². The van der Waals surface area contributed by atoms with Gasteiger partial charge >= 0.3 is 0 Å². The zero-order chi connectivity index (χ0) is 12.4. The lowest BCUT2D eigenvalue weighted by atomic mass is 10.0. The Hall–Kier alpha value is -1.58. The summed E-state index contributed by atoms with van der Waals surface area (Å²) in [7, 11) is 1.95. The fourth-order valence-corrected chi connectivity index (χ4v) is 2.28. The van der Waals surface area contributed by atoms with E-state index in [9.17, 15) is 10.2 Å². The first-order valence-corrected chi connectivity index (χ1v) is 5.64. The van der Waals surface area contributed by atoms with E-state index >= 15 is 0 Å². The number of aliphatic hydroxyl groups excluding tert-OH is 2. The molecule has 0 atom stereocenters. The molecule has 3 heteroatoms. The number of hydrogen-bond acceptors (Lipinski definition) is 2. The minimum absolute atomic E-state index is 0.0393. The van der Waals surface area contributed by atoms with Crippen LogP contribution in [0.1, 0.15) is 16.8 Å². The molecule has 0 fully saturated rings. The van der Waals surface area contributed by atoms with E-state index in [4.69, 9.17) is 0 Å². The molecule has 3 nitrogen and oxygen atoms in total. The molecular formula is C14H17NO2. The number of aliphatic hydroxyl groups is 2. The first kappa shape index (κ1) is 11.9. The molecule has 1 aromatic heterocycles. The summed E-state index contributed by atoms with van der Waals surface area (Å²) in [5, 5.41) is 18.9. The molecule has 1 heterocycles. The molecule has 0 spiro atoms. The number of aromatic nitrogens is 1. The second-order valence-corrected chi connectivity index (χ2v) is 4.13. The zero-order valence-electron chi connectivity index (χ0n) is 10.1. The maximum absolute atomic E-state index is 9.51. The summed E-state index contributed by atoms with van der Waals surface area (Å²) in [6, 6.07) is 9.92. The van der Waals surface area contributed by atoms with Crippen LogP contribution in [0.2, 0.25) is 0 Å². The highest BCUT2D eigenvalue weighted by molar-refractivity contribution is 5.67. The van der Waals surface area contributed by atoms with Gasteiger partial charge in [0.1, 0.15) is 0 Å². The summed E-state index contributed by atoms with van der Waals surface area (Å²) < 4.78 is 2.02. The van der Waals surface area contributed by atoms with Crippen LogP contribution in [0, 0.1) is 6.92 Å². The van der Waals surface area contributed by atoms with E-state index < -0.39 is 0 Å². The van der Waals surface area contributed by atoms with Crippen molar-refractivity contribution >= 4 is 0 Å². The maximum atomic E-state index is 9.51. The Kier molecular flexibility index (Phi) is 3.31. The van der Waals surface area contributed by atoms with Crippen molar-refractivity contribution in [2.75, 3.05) is 0 Å². The van der Waals surface area contributed by atoms with E-state index in [0.717, 1.165) is 28.1 Å². The van der Waals surface area contributed by atoms with Gasteiger partial charge in [-0.3, -0.25) is 0 Å². The van der Waals surface area contributed by atoms with Gasteiger partial charge in [0.05, 0.1) is 18.9 Å². The third-order valence-corrected chi connectivity index (χ3v) is 3.29. The Labute approximate surface area is 101 Å². The van der Waals surface area contributed by atoms with Crippen LogP contribution >= 0.6 is 0 Å². The minimum Gasteiger partial charge on any atom is -0.392 e. The average Bonchev–Trinajstić information content (AvgIpc) is 2.62. The summed E-state index contributed by atoms with van der Waals surface area (Å²) in [5.74, 6) is 0. The predicted molar refractivity (Wildman–Crippen MR) is 67.4 cm³/mol. The van der Waals surface area contributed by atoms with E-state index in [1.165, 1.54) is 0 Å². The molecule has 0 bridgehead atoms. The van der Waals surface area contributed by atoms with Crippen molar-refractivity contribution < 1.29 is 10.2 Å². The molecule has 17 heavy (non-hydrogen) atoms. The van der Waals surface area contributed by atoms with Crippen LogP contribution in [0.4, 0.5) is 0 Å². The van der Waals surface area contributed by atoms with E-state index in [1.807, 2.05) is 48.9 Å². The topological polar surface area (TPSA) is 45.4 Å². The van der Waals surface area contributed by atoms with Crippen LogP contribution in [0.3, 0.4) is 0 Å². The first-order valence-electron chi connectivity index (χ1n) is 5.64. The lowest BCUT2D eigenvalue weighted by molar-refractivity contribution is 0.261. The van der Waals surface area contributed by atoms with Crippen molar-refractivity contribution in [2.24, 2.45) is 7.05 Å². The van der Waals surface area contributed by atoms with Gasteiger partial charge in [-0.05, 0) is 12.5 Å². The van der Waals surface area contributed by atoms with Crippen LogP contribution in [0.5, 0.6) is 0 Å². The number of benzene rings is 1. The van der Waals surface area contributed by atoms with Crippen molar-refractivity contribution in [1.82, 2.24) is 4.57 Å². The summed E-state index contributed by atoms with van der Waals surface area (Å²) >= 11 is 0. The monoisotopic (exact) mass is 231 g/mol. The van der Waals surface area contributed by atoms with Crippen LogP contribution in [0.15, 0.2) is 30.3 Å². The zero-order valence-corrected chi connectivity index (χ0v) is 10.1. The Morgan fingerprint density at radius 3 is 2.12 bits per heavy atom. The minimum atomic E-state index is -0.0538.